The molecule has 1 unspecified atom stereocenters. The van der Waals surface area contributed by atoms with Gasteiger partial charge in [-0.05, 0) is 44.4 Å². The molecule has 100 valence electrons. The van der Waals surface area contributed by atoms with Crippen molar-refractivity contribution in [3.8, 4) is 0 Å². The van der Waals surface area contributed by atoms with Crippen LogP contribution in [-0.4, -0.2) is 16.8 Å². The Bertz CT molecular complexity index is 436. The molecule has 0 aliphatic carbocycles. The lowest BCUT2D eigenvalue weighted by Gasteiger charge is -2.29. The number of benzene rings is 1. The Morgan fingerprint density at radius 2 is 2.17 bits per heavy atom. The van der Waals surface area contributed by atoms with Gasteiger partial charge in [0.15, 0.2) is 0 Å². The topological polar surface area (TPSA) is 29.1 Å². The van der Waals surface area contributed by atoms with E-state index in [2.05, 4.69) is 35.1 Å². The van der Waals surface area contributed by atoms with E-state index in [1.807, 2.05) is 13.0 Å². The average molecular weight is 333 g/mol. The molecule has 0 saturated heterocycles. The number of nitrogens with one attached hydrogen (secondary N) is 1. The molecular formula is C14H19BrClNO. The van der Waals surface area contributed by atoms with E-state index in [9.17, 15) is 4.79 Å². The summed E-state index contributed by atoms with van der Waals surface area (Å²) >= 11 is 9.46. The van der Waals surface area contributed by atoms with Crippen molar-refractivity contribution in [3.05, 3.63) is 34.3 Å². The molecule has 1 N–H and O–H groups in total. The summed E-state index contributed by atoms with van der Waals surface area (Å²) < 4.78 is 0. The highest BCUT2D eigenvalue weighted by Crippen LogP contribution is 2.19. The van der Waals surface area contributed by atoms with E-state index in [0.29, 0.717) is 10.6 Å². The van der Waals surface area contributed by atoms with Crippen molar-refractivity contribution >= 4 is 33.4 Å². The monoisotopic (exact) mass is 331 g/mol. The van der Waals surface area contributed by atoms with Crippen LogP contribution >= 0.6 is 27.5 Å². The van der Waals surface area contributed by atoms with Gasteiger partial charge in [-0.2, -0.15) is 0 Å². The average Bonchev–Trinajstić information content (AvgIpc) is 2.32. The van der Waals surface area contributed by atoms with Crippen LogP contribution in [-0.2, 0) is 0 Å². The highest BCUT2D eigenvalue weighted by atomic mass is 79.9. The highest BCUT2D eigenvalue weighted by molar-refractivity contribution is 9.09. The summed E-state index contributed by atoms with van der Waals surface area (Å²) in [7, 11) is 0. The summed E-state index contributed by atoms with van der Waals surface area (Å²) in [4.78, 5) is 12.2. The van der Waals surface area contributed by atoms with E-state index >= 15 is 0 Å². The minimum atomic E-state index is -0.183. The van der Waals surface area contributed by atoms with E-state index in [4.69, 9.17) is 11.6 Å². The van der Waals surface area contributed by atoms with Crippen LogP contribution in [0.25, 0.3) is 0 Å². The fourth-order valence-electron chi connectivity index (χ4n) is 1.62. The first kappa shape index (κ1) is 15.5. The van der Waals surface area contributed by atoms with Gasteiger partial charge in [-0.25, -0.2) is 0 Å². The molecule has 0 aromatic heterocycles. The summed E-state index contributed by atoms with van der Waals surface area (Å²) in [6, 6.07) is 5.39. The molecule has 0 heterocycles. The fourth-order valence-corrected chi connectivity index (χ4v) is 2.67. The molecule has 0 fully saturated rings. The zero-order valence-corrected chi connectivity index (χ0v) is 13.4. The van der Waals surface area contributed by atoms with Gasteiger partial charge in [0, 0.05) is 21.5 Å². The lowest BCUT2D eigenvalue weighted by Crippen LogP contribution is -2.45. The first-order chi connectivity index (χ1) is 8.41. The van der Waals surface area contributed by atoms with Crippen molar-refractivity contribution in [2.24, 2.45) is 0 Å². The fraction of sp³-hybridized carbons (Fsp3) is 0.500. The Balaban J connectivity index is 2.84. The van der Waals surface area contributed by atoms with Gasteiger partial charge >= 0.3 is 0 Å². The standard InChI is InChI=1S/C14H19BrClNO/c1-4-14(3,7-8-15)17-13(18)11-6-5-10(2)12(16)9-11/h5-6,9H,4,7-8H2,1-3H3,(H,17,18). The number of carbonyl (C=O) groups is 1. The Labute approximate surface area is 122 Å². The molecule has 18 heavy (non-hydrogen) atoms. The molecule has 0 aliphatic rings. The van der Waals surface area contributed by atoms with Crippen LogP contribution in [0.5, 0.6) is 0 Å². The first-order valence-corrected chi connectivity index (χ1v) is 7.56. The maximum atomic E-state index is 12.2. The van der Waals surface area contributed by atoms with Crippen LogP contribution in [0.15, 0.2) is 18.2 Å². The summed E-state index contributed by atoms with van der Waals surface area (Å²) in [6.45, 7) is 6.05. The predicted molar refractivity (Wildman–Crippen MR) is 80.8 cm³/mol. The number of aryl methyl sites for hydroxylation is 1. The Morgan fingerprint density at radius 3 is 2.67 bits per heavy atom. The number of carbonyl (C=O) groups excluding carboxylic acids is 1. The third-order valence-electron chi connectivity index (χ3n) is 3.28. The number of hydrogen-bond acceptors (Lipinski definition) is 1. The minimum absolute atomic E-state index is 0.0674. The lowest BCUT2D eigenvalue weighted by atomic mass is 9.95. The van der Waals surface area contributed by atoms with Gasteiger partial charge in [-0.1, -0.05) is 40.5 Å². The molecule has 1 aromatic rings. The molecule has 0 spiro atoms. The lowest BCUT2D eigenvalue weighted by molar-refractivity contribution is 0.0902. The van der Waals surface area contributed by atoms with Gasteiger partial charge in [0.2, 0.25) is 0 Å². The molecule has 0 bridgehead atoms. The van der Waals surface area contributed by atoms with E-state index in [1.54, 1.807) is 12.1 Å². The van der Waals surface area contributed by atoms with Crippen molar-refractivity contribution in [2.45, 2.75) is 39.2 Å². The zero-order chi connectivity index (χ0) is 13.8. The van der Waals surface area contributed by atoms with Crippen LogP contribution in [0.1, 0.15) is 42.6 Å². The van der Waals surface area contributed by atoms with E-state index in [-0.39, 0.29) is 11.4 Å². The van der Waals surface area contributed by atoms with Gasteiger partial charge < -0.3 is 5.32 Å². The van der Waals surface area contributed by atoms with E-state index in [1.165, 1.54) is 0 Å². The maximum Gasteiger partial charge on any atom is 0.251 e. The summed E-state index contributed by atoms with van der Waals surface area (Å²) in [5.74, 6) is -0.0674. The minimum Gasteiger partial charge on any atom is -0.347 e. The third kappa shape index (κ3) is 3.99. The Hall–Kier alpha value is -0.540. The second-order valence-electron chi connectivity index (χ2n) is 4.77. The summed E-state index contributed by atoms with van der Waals surface area (Å²) in [6.07, 6.45) is 1.79. The smallest absolute Gasteiger partial charge is 0.251 e. The molecular weight excluding hydrogens is 314 g/mol. The van der Waals surface area contributed by atoms with Gasteiger partial charge in [-0.3, -0.25) is 4.79 Å². The molecule has 1 aromatic carbocycles. The van der Waals surface area contributed by atoms with Crippen LogP contribution < -0.4 is 5.32 Å². The number of hydrogen-bond donors (Lipinski definition) is 1. The quantitative estimate of drug-likeness (QED) is 0.799. The van der Waals surface area contributed by atoms with E-state index in [0.717, 1.165) is 23.7 Å². The number of rotatable bonds is 5. The van der Waals surface area contributed by atoms with Crippen molar-refractivity contribution in [2.75, 3.05) is 5.33 Å². The predicted octanol–water partition coefficient (Wildman–Crippen LogP) is 4.33. The van der Waals surface area contributed by atoms with Gasteiger partial charge in [-0.15, -0.1) is 0 Å². The third-order valence-corrected chi connectivity index (χ3v) is 4.08. The molecule has 0 radical (unpaired) electrons. The highest BCUT2D eigenvalue weighted by Gasteiger charge is 2.24. The number of amides is 1. The number of alkyl halides is 1. The molecule has 1 rings (SSSR count). The van der Waals surface area contributed by atoms with Crippen molar-refractivity contribution < 1.29 is 4.79 Å². The second-order valence-corrected chi connectivity index (χ2v) is 5.97. The molecule has 2 nitrogen and oxygen atoms in total. The summed E-state index contributed by atoms with van der Waals surface area (Å²) in [5.41, 5.74) is 1.41. The van der Waals surface area contributed by atoms with Crippen LogP contribution in [0.2, 0.25) is 5.02 Å². The molecule has 0 aliphatic heterocycles. The van der Waals surface area contributed by atoms with Crippen molar-refractivity contribution in [1.29, 1.82) is 0 Å². The van der Waals surface area contributed by atoms with Crippen LogP contribution in [0, 0.1) is 6.92 Å². The van der Waals surface area contributed by atoms with Gasteiger partial charge in [0.05, 0.1) is 0 Å². The second kappa shape index (κ2) is 6.58. The largest absolute Gasteiger partial charge is 0.347 e. The van der Waals surface area contributed by atoms with Crippen LogP contribution in [0.3, 0.4) is 0 Å². The van der Waals surface area contributed by atoms with Crippen molar-refractivity contribution in [3.63, 3.8) is 0 Å². The number of halogens is 2. The molecule has 0 saturated carbocycles. The maximum absolute atomic E-state index is 12.2. The molecule has 4 heteroatoms. The first-order valence-electron chi connectivity index (χ1n) is 6.06. The molecule has 1 atom stereocenters. The van der Waals surface area contributed by atoms with Gasteiger partial charge in [0.25, 0.3) is 5.91 Å². The SMILES string of the molecule is CCC(C)(CCBr)NC(=O)c1ccc(C)c(Cl)c1. The normalized spacial score (nSPS) is 14.1. The van der Waals surface area contributed by atoms with Gasteiger partial charge in [0.1, 0.15) is 0 Å². The van der Waals surface area contributed by atoms with Crippen molar-refractivity contribution in [1.82, 2.24) is 5.32 Å². The Kier molecular flexibility index (Phi) is 5.67. The van der Waals surface area contributed by atoms with E-state index < -0.39 is 0 Å². The zero-order valence-electron chi connectivity index (χ0n) is 11.0. The Morgan fingerprint density at radius 1 is 1.50 bits per heavy atom. The van der Waals surface area contributed by atoms with Crippen LogP contribution in [0.4, 0.5) is 0 Å². The molecule has 1 amide bonds. The summed E-state index contributed by atoms with van der Waals surface area (Å²) in [5, 5.41) is 4.57.